The monoisotopic (exact) mass is 269 g/mol. The average Bonchev–Trinajstić information content (AvgIpc) is 2.73. The molecule has 0 spiro atoms. The average molecular weight is 270 g/mol. The van der Waals surface area contributed by atoms with E-state index in [2.05, 4.69) is 9.59 Å². The first-order valence-electron chi connectivity index (χ1n) is 5.10. The van der Waals surface area contributed by atoms with Gasteiger partial charge in [0.2, 0.25) is 0 Å². The topological polar surface area (TPSA) is 61.0 Å². The van der Waals surface area contributed by atoms with Gasteiger partial charge in [-0.05, 0) is 36.7 Å². The largest absolute Gasteiger partial charge is 0.488 e. The summed E-state index contributed by atoms with van der Waals surface area (Å²) in [6.45, 7) is 2.77. The van der Waals surface area contributed by atoms with Gasteiger partial charge in [0, 0.05) is 17.1 Å². The Morgan fingerprint density at radius 1 is 1.47 bits per heavy atom. The maximum atomic E-state index is 5.89. The molecular formula is C11H12ClN3OS. The van der Waals surface area contributed by atoms with Gasteiger partial charge in [-0.2, -0.15) is 0 Å². The van der Waals surface area contributed by atoms with E-state index in [1.807, 2.05) is 19.1 Å². The van der Waals surface area contributed by atoms with Crippen molar-refractivity contribution in [3.8, 4) is 5.75 Å². The van der Waals surface area contributed by atoms with Crippen molar-refractivity contribution < 1.29 is 4.74 Å². The number of benzene rings is 1. The van der Waals surface area contributed by atoms with Crippen LogP contribution in [-0.4, -0.2) is 9.59 Å². The van der Waals surface area contributed by atoms with Crippen LogP contribution in [0.5, 0.6) is 5.75 Å². The molecule has 2 aromatic rings. The fourth-order valence-corrected chi connectivity index (χ4v) is 2.12. The predicted octanol–water partition coefficient (Wildman–Crippen LogP) is 2.54. The smallest absolute Gasteiger partial charge is 0.126 e. The van der Waals surface area contributed by atoms with Gasteiger partial charge in [0.15, 0.2) is 0 Å². The molecule has 2 N–H and O–H groups in total. The first kappa shape index (κ1) is 12.3. The molecule has 0 saturated carbocycles. The molecule has 0 aliphatic heterocycles. The standard InChI is InChI=1S/C11H12ClN3OS/c1-7-11(17-15-14-7)6-16-10-3-2-9(12)4-8(10)5-13/h2-4H,5-6,13H2,1H3. The lowest BCUT2D eigenvalue weighted by Gasteiger charge is -2.09. The van der Waals surface area contributed by atoms with Crippen LogP contribution >= 0.6 is 23.1 Å². The minimum absolute atomic E-state index is 0.399. The van der Waals surface area contributed by atoms with Crippen LogP contribution in [0.4, 0.5) is 0 Å². The molecule has 1 aromatic carbocycles. The predicted molar refractivity (Wildman–Crippen MR) is 68.3 cm³/mol. The third-order valence-corrected chi connectivity index (χ3v) is 3.38. The first-order valence-corrected chi connectivity index (χ1v) is 6.25. The van der Waals surface area contributed by atoms with Crippen molar-refractivity contribution in [1.82, 2.24) is 9.59 Å². The molecule has 0 aliphatic carbocycles. The second kappa shape index (κ2) is 5.44. The molecule has 6 heteroatoms. The van der Waals surface area contributed by atoms with E-state index in [-0.39, 0.29) is 0 Å². The van der Waals surface area contributed by atoms with Crippen molar-refractivity contribution in [3.63, 3.8) is 0 Å². The molecule has 17 heavy (non-hydrogen) atoms. The van der Waals surface area contributed by atoms with Crippen LogP contribution in [0.3, 0.4) is 0 Å². The Bertz CT molecular complexity index is 515. The van der Waals surface area contributed by atoms with Gasteiger partial charge in [-0.3, -0.25) is 0 Å². The Morgan fingerprint density at radius 3 is 2.94 bits per heavy atom. The van der Waals surface area contributed by atoms with E-state index in [0.29, 0.717) is 18.2 Å². The zero-order valence-corrected chi connectivity index (χ0v) is 10.9. The number of aromatic nitrogens is 2. The number of halogens is 1. The number of hydrogen-bond acceptors (Lipinski definition) is 5. The van der Waals surface area contributed by atoms with Gasteiger partial charge in [-0.1, -0.05) is 16.1 Å². The summed E-state index contributed by atoms with van der Waals surface area (Å²) in [5.41, 5.74) is 7.43. The highest BCUT2D eigenvalue weighted by atomic mass is 35.5. The molecule has 1 heterocycles. The van der Waals surface area contributed by atoms with E-state index in [4.69, 9.17) is 22.1 Å². The molecular weight excluding hydrogens is 258 g/mol. The van der Waals surface area contributed by atoms with E-state index >= 15 is 0 Å². The van der Waals surface area contributed by atoms with Gasteiger partial charge in [-0.25, -0.2) is 0 Å². The molecule has 0 bridgehead atoms. The summed E-state index contributed by atoms with van der Waals surface area (Å²) in [5, 5.41) is 4.59. The maximum Gasteiger partial charge on any atom is 0.126 e. The lowest BCUT2D eigenvalue weighted by atomic mass is 10.2. The second-order valence-electron chi connectivity index (χ2n) is 3.53. The van der Waals surface area contributed by atoms with Crippen molar-refractivity contribution in [3.05, 3.63) is 39.4 Å². The quantitative estimate of drug-likeness (QED) is 0.927. The number of nitrogens with zero attached hydrogens (tertiary/aromatic N) is 2. The summed E-state index contributed by atoms with van der Waals surface area (Å²) in [6, 6.07) is 5.43. The van der Waals surface area contributed by atoms with Gasteiger partial charge in [-0.15, -0.1) is 5.10 Å². The molecule has 0 saturated heterocycles. The third kappa shape index (κ3) is 2.94. The summed E-state index contributed by atoms with van der Waals surface area (Å²) in [4.78, 5) is 1.02. The van der Waals surface area contributed by atoms with Gasteiger partial charge >= 0.3 is 0 Å². The maximum absolute atomic E-state index is 5.89. The van der Waals surface area contributed by atoms with E-state index in [1.165, 1.54) is 11.5 Å². The number of rotatable bonds is 4. The van der Waals surface area contributed by atoms with Crippen molar-refractivity contribution >= 4 is 23.1 Å². The third-order valence-electron chi connectivity index (χ3n) is 2.35. The molecule has 0 unspecified atom stereocenters. The molecule has 4 nitrogen and oxygen atoms in total. The zero-order valence-electron chi connectivity index (χ0n) is 9.31. The number of hydrogen-bond donors (Lipinski definition) is 1. The second-order valence-corrected chi connectivity index (χ2v) is 4.80. The Morgan fingerprint density at radius 2 is 2.29 bits per heavy atom. The van der Waals surface area contributed by atoms with Crippen molar-refractivity contribution in [1.29, 1.82) is 0 Å². The molecule has 0 amide bonds. The molecule has 0 radical (unpaired) electrons. The lowest BCUT2D eigenvalue weighted by molar-refractivity contribution is 0.305. The van der Waals surface area contributed by atoms with Crippen LogP contribution < -0.4 is 10.5 Å². The summed E-state index contributed by atoms with van der Waals surface area (Å²) < 4.78 is 9.56. The fraction of sp³-hybridized carbons (Fsp3) is 0.273. The molecule has 1 aromatic heterocycles. The van der Waals surface area contributed by atoms with Crippen molar-refractivity contribution in [2.75, 3.05) is 0 Å². The van der Waals surface area contributed by atoms with Gasteiger partial charge in [0.05, 0.1) is 10.6 Å². The zero-order chi connectivity index (χ0) is 12.3. The van der Waals surface area contributed by atoms with Crippen LogP contribution in [0.1, 0.15) is 16.1 Å². The van der Waals surface area contributed by atoms with Crippen LogP contribution in [0.15, 0.2) is 18.2 Å². The first-order chi connectivity index (χ1) is 8.20. The molecule has 0 fully saturated rings. The number of nitrogens with two attached hydrogens (primary N) is 1. The highest BCUT2D eigenvalue weighted by Gasteiger charge is 2.07. The lowest BCUT2D eigenvalue weighted by Crippen LogP contribution is -2.02. The molecule has 90 valence electrons. The van der Waals surface area contributed by atoms with Crippen LogP contribution in [0.2, 0.25) is 5.02 Å². The SMILES string of the molecule is Cc1nnsc1COc1ccc(Cl)cc1CN. The highest BCUT2D eigenvalue weighted by Crippen LogP contribution is 2.24. The van der Waals surface area contributed by atoms with E-state index < -0.39 is 0 Å². The minimum Gasteiger partial charge on any atom is -0.488 e. The van der Waals surface area contributed by atoms with Crippen molar-refractivity contribution in [2.45, 2.75) is 20.1 Å². The number of ether oxygens (including phenoxy) is 1. The van der Waals surface area contributed by atoms with Crippen LogP contribution in [0, 0.1) is 6.92 Å². The van der Waals surface area contributed by atoms with E-state index in [1.54, 1.807) is 6.07 Å². The summed E-state index contributed by atoms with van der Waals surface area (Å²) in [6.07, 6.45) is 0. The fourth-order valence-electron chi connectivity index (χ4n) is 1.38. The Balaban J connectivity index is 2.11. The van der Waals surface area contributed by atoms with Gasteiger partial charge < -0.3 is 10.5 Å². The molecule has 2 rings (SSSR count). The van der Waals surface area contributed by atoms with Crippen LogP contribution in [0.25, 0.3) is 0 Å². The highest BCUT2D eigenvalue weighted by molar-refractivity contribution is 7.05. The van der Waals surface area contributed by atoms with E-state index in [0.717, 1.165) is 21.9 Å². The summed E-state index contributed by atoms with van der Waals surface area (Å²) >= 11 is 7.23. The summed E-state index contributed by atoms with van der Waals surface area (Å²) in [7, 11) is 0. The van der Waals surface area contributed by atoms with E-state index in [9.17, 15) is 0 Å². The van der Waals surface area contributed by atoms with Crippen molar-refractivity contribution in [2.24, 2.45) is 5.73 Å². The summed E-state index contributed by atoms with van der Waals surface area (Å²) in [5.74, 6) is 0.754. The number of aryl methyl sites for hydroxylation is 1. The van der Waals surface area contributed by atoms with Gasteiger partial charge in [0.1, 0.15) is 12.4 Å². The molecule has 0 atom stereocenters. The normalized spacial score (nSPS) is 10.5. The van der Waals surface area contributed by atoms with Crippen LogP contribution in [-0.2, 0) is 13.2 Å². The molecule has 0 aliphatic rings. The van der Waals surface area contributed by atoms with Gasteiger partial charge in [0.25, 0.3) is 0 Å². The Kier molecular flexibility index (Phi) is 3.93. The Labute approximate surface area is 109 Å². The Hall–Kier alpha value is -1.17. The minimum atomic E-state index is 0.399.